The molecular formula is C21H19Cl2N3O2. The molecule has 1 aromatic heterocycles. The highest BCUT2D eigenvalue weighted by atomic mass is 35.5. The molecule has 0 saturated heterocycles. The predicted molar refractivity (Wildman–Crippen MR) is 110 cm³/mol. The number of phenols is 1. The van der Waals surface area contributed by atoms with Gasteiger partial charge in [-0.2, -0.15) is 0 Å². The minimum Gasteiger partial charge on any atom is -0.503 e. The fourth-order valence-electron chi connectivity index (χ4n) is 3.36. The molecule has 0 unspecified atom stereocenters. The molecule has 28 heavy (non-hydrogen) atoms. The molecule has 0 amide bonds. The van der Waals surface area contributed by atoms with Gasteiger partial charge in [0.2, 0.25) is 0 Å². The Morgan fingerprint density at radius 2 is 1.93 bits per heavy atom. The van der Waals surface area contributed by atoms with Crippen LogP contribution in [0.2, 0.25) is 10.0 Å². The van der Waals surface area contributed by atoms with E-state index in [2.05, 4.69) is 9.88 Å². The van der Waals surface area contributed by atoms with Crippen molar-refractivity contribution in [2.45, 2.75) is 19.5 Å². The van der Waals surface area contributed by atoms with E-state index in [9.17, 15) is 5.11 Å². The lowest BCUT2D eigenvalue weighted by molar-refractivity contribution is 0.242. The number of hydrogen-bond acceptors (Lipinski definition) is 5. The lowest BCUT2D eigenvalue weighted by Gasteiger charge is -2.28. The van der Waals surface area contributed by atoms with E-state index in [0.29, 0.717) is 28.2 Å². The molecule has 0 spiro atoms. The molecule has 1 N–H and O–H groups in total. The van der Waals surface area contributed by atoms with Crippen molar-refractivity contribution in [3.63, 3.8) is 0 Å². The van der Waals surface area contributed by atoms with Gasteiger partial charge in [0.25, 0.3) is 0 Å². The van der Waals surface area contributed by atoms with Crippen LogP contribution in [0.1, 0.15) is 16.8 Å². The van der Waals surface area contributed by atoms with E-state index in [0.717, 1.165) is 41.9 Å². The Kier molecular flexibility index (Phi) is 5.40. The first-order valence-electron chi connectivity index (χ1n) is 8.92. The molecule has 0 aliphatic carbocycles. The molecule has 5 nitrogen and oxygen atoms in total. The van der Waals surface area contributed by atoms with Gasteiger partial charge in [0.1, 0.15) is 0 Å². The normalized spacial score (nSPS) is 14.0. The average Bonchev–Trinajstić information content (AvgIpc) is 2.72. The van der Waals surface area contributed by atoms with Crippen LogP contribution in [0.3, 0.4) is 0 Å². The van der Waals surface area contributed by atoms with Gasteiger partial charge in [0.05, 0.1) is 17.8 Å². The quantitative estimate of drug-likeness (QED) is 0.667. The van der Waals surface area contributed by atoms with Gasteiger partial charge in [-0.15, -0.1) is 0 Å². The summed E-state index contributed by atoms with van der Waals surface area (Å²) in [7, 11) is 1.50. The van der Waals surface area contributed by atoms with E-state index in [4.69, 9.17) is 32.9 Å². The maximum absolute atomic E-state index is 10.1. The van der Waals surface area contributed by atoms with Crippen LogP contribution in [0.5, 0.6) is 11.5 Å². The third-order valence-corrected chi connectivity index (χ3v) is 5.56. The zero-order valence-corrected chi connectivity index (χ0v) is 16.8. The highest BCUT2D eigenvalue weighted by Crippen LogP contribution is 2.37. The SMILES string of the molecule is COc1ccc(CN2CCc3nc(-c4ccc(Cl)cc4)ncc3C2)c(Cl)c1O. The lowest BCUT2D eigenvalue weighted by Crippen LogP contribution is -2.31. The minimum absolute atomic E-state index is 0.0185. The number of methoxy groups -OCH3 is 1. The summed E-state index contributed by atoms with van der Waals surface area (Å²) < 4.78 is 5.10. The van der Waals surface area contributed by atoms with Crippen LogP contribution in [0, 0.1) is 0 Å². The smallest absolute Gasteiger partial charge is 0.177 e. The largest absolute Gasteiger partial charge is 0.503 e. The third-order valence-electron chi connectivity index (χ3n) is 4.89. The minimum atomic E-state index is -0.0185. The molecule has 0 atom stereocenters. The highest BCUT2D eigenvalue weighted by Gasteiger charge is 2.21. The summed E-state index contributed by atoms with van der Waals surface area (Å²) in [4.78, 5) is 11.5. The van der Waals surface area contributed by atoms with Crippen molar-refractivity contribution in [1.82, 2.24) is 14.9 Å². The number of halogens is 2. The van der Waals surface area contributed by atoms with E-state index in [1.807, 2.05) is 36.5 Å². The molecule has 7 heteroatoms. The first-order chi connectivity index (χ1) is 13.5. The molecule has 3 aromatic rings. The second kappa shape index (κ2) is 7.95. The molecule has 0 saturated carbocycles. The third kappa shape index (κ3) is 3.78. The Morgan fingerprint density at radius 1 is 1.14 bits per heavy atom. The van der Waals surface area contributed by atoms with Crippen LogP contribution < -0.4 is 4.74 Å². The first kappa shape index (κ1) is 19.0. The molecule has 4 rings (SSSR count). The Hall–Kier alpha value is -2.34. The van der Waals surface area contributed by atoms with E-state index in [-0.39, 0.29) is 5.75 Å². The number of aromatic nitrogens is 2. The molecule has 2 heterocycles. The number of benzene rings is 2. The zero-order valence-electron chi connectivity index (χ0n) is 15.3. The Labute approximate surface area is 173 Å². The maximum atomic E-state index is 10.1. The molecule has 1 aliphatic heterocycles. The van der Waals surface area contributed by atoms with Gasteiger partial charge >= 0.3 is 0 Å². The summed E-state index contributed by atoms with van der Waals surface area (Å²) in [6.07, 6.45) is 2.73. The number of ether oxygens (including phenoxy) is 1. The van der Waals surface area contributed by atoms with Gasteiger partial charge < -0.3 is 9.84 Å². The Bertz CT molecular complexity index is 1010. The van der Waals surface area contributed by atoms with Crippen molar-refractivity contribution in [3.05, 3.63) is 69.5 Å². The van der Waals surface area contributed by atoms with E-state index < -0.39 is 0 Å². The fourth-order valence-corrected chi connectivity index (χ4v) is 3.71. The Morgan fingerprint density at radius 3 is 2.68 bits per heavy atom. The first-order valence-corrected chi connectivity index (χ1v) is 9.68. The number of hydrogen-bond donors (Lipinski definition) is 1. The summed E-state index contributed by atoms with van der Waals surface area (Å²) in [5.41, 5.74) is 4.00. The van der Waals surface area contributed by atoms with Crippen LogP contribution in [0.15, 0.2) is 42.6 Å². The Balaban J connectivity index is 1.51. The monoisotopic (exact) mass is 415 g/mol. The maximum Gasteiger partial charge on any atom is 0.177 e. The number of rotatable bonds is 4. The van der Waals surface area contributed by atoms with Gasteiger partial charge in [-0.3, -0.25) is 4.90 Å². The van der Waals surface area contributed by atoms with Crippen molar-refractivity contribution in [2.75, 3.05) is 13.7 Å². The van der Waals surface area contributed by atoms with Gasteiger partial charge in [-0.05, 0) is 35.9 Å². The fraction of sp³-hybridized carbons (Fsp3) is 0.238. The number of fused-ring (bicyclic) bond motifs is 1. The van der Waals surface area contributed by atoms with Crippen LogP contribution in [-0.2, 0) is 19.5 Å². The predicted octanol–water partition coefficient (Wildman–Crippen LogP) is 4.72. The molecule has 144 valence electrons. The second-order valence-corrected chi connectivity index (χ2v) is 7.54. The number of phenolic OH excluding ortho intramolecular Hbond substituents is 1. The van der Waals surface area contributed by atoms with E-state index in [1.54, 1.807) is 6.07 Å². The summed E-state index contributed by atoms with van der Waals surface area (Å²) in [6.45, 7) is 2.22. The second-order valence-electron chi connectivity index (χ2n) is 6.72. The van der Waals surface area contributed by atoms with Crippen molar-refractivity contribution in [1.29, 1.82) is 0 Å². The molecule has 2 aromatic carbocycles. The number of aromatic hydroxyl groups is 1. The summed E-state index contributed by atoms with van der Waals surface area (Å²) in [5, 5.41) is 11.1. The molecule has 0 fully saturated rings. The molecule has 0 bridgehead atoms. The average molecular weight is 416 g/mol. The van der Waals surface area contributed by atoms with Crippen LogP contribution in [0.4, 0.5) is 0 Å². The summed E-state index contributed by atoms with van der Waals surface area (Å²) in [6, 6.07) is 11.2. The van der Waals surface area contributed by atoms with Crippen molar-refractivity contribution < 1.29 is 9.84 Å². The van der Waals surface area contributed by atoms with Gasteiger partial charge in [0, 0.05) is 48.4 Å². The van der Waals surface area contributed by atoms with Crippen LogP contribution in [0.25, 0.3) is 11.4 Å². The van der Waals surface area contributed by atoms with E-state index in [1.165, 1.54) is 7.11 Å². The number of nitrogens with zero attached hydrogens (tertiary/aromatic N) is 3. The molecule has 0 radical (unpaired) electrons. The van der Waals surface area contributed by atoms with Crippen molar-refractivity contribution in [2.24, 2.45) is 0 Å². The van der Waals surface area contributed by atoms with Gasteiger partial charge in [-0.1, -0.05) is 29.3 Å². The van der Waals surface area contributed by atoms with Crippen LogP contribution >= 0.6 is 23.2 Å². The highest BCUT2D eigenvalue weighted by molar-refractivity contribution is 6.33. The topological polar surface area (TPSA) is 58.5 Å². The van der Waals surface area contributed by atoms with E-state index >= 15 is 0 Å². The van der Waals surface area contributed by atoms with Gasteiger partial charge in [0.15, 0.2) is 17.3 Å². The van der Waals surface area contributed by atoms with Gasteiger partial charge in [-0.25, -0.2) is 9.97 Å². The van der Waals surface area contributed by atoms with Crippen molar-refractivity contribution >= 4 is 23.2 Å². The molecule has 1 aliphatic rings. The standard InChI is InChI=1S/C21H19Cl2N3O2/c1-28-18-7-4-14(19(23)20(18)27)11-26-9-8-17-15(12-26)10-24-21(25-17)13-2-5-16(22)6-3-13/h2-7,10,27H,8-9,11-12H2,1H3. The lowest BCUT2D eigenvalue weighted by atomic mass is 10.1. The molecular weight excluding hydrogens is 397 g/mol. The van der Waals surface area contributed by atoms with Crippen molar-refractivity contribution in [3.8, 4) is 22.9 Å². The summed E-state index contributed by atoms with van der Waals surface area (Å²) in [5.74, 6) is 1.07. The zero-order chi connectivity index (χ0) is 19.7. The van der Waals surface area contributed by atoms with Crippen LogP contribution in [-0.4, -0.2) is 33.6 Å². The summed E-state index contributed by atoms with van der Waals surface area (Å²) >= 11 is 12.3.